The predicted molar refractivity (Wildman–Crippen MR) is 89.6 cm³/mol. The normalized spacial score (nSPS) is 27.1. The summed E-state index contributed by atoms with van der Waals surface area (Å²) in [7, 11) is 1.63. The molecule has 1 fully saturated rings. The highest BCUT2D eigenvalue weighted by molar-refractivity contribution is 5.96. The van der Waals surface area contributed by atoms with Gasteiger partial charge in [-0.2, -0.15) is 0 Å². The van der Waals surface area contributed by atoms with Crippen molar-refractivity contribution in [3.63, 3.8) is 0 Å². The minimum absolute atomic E-state index is 0.0540. The molecule has 24 heavy (non-hydrogen) atoms. The van der Waals surface area contributed by atoms with Gasteiger partial charge in [0.25, 0.3) is 0 Å². The molecule has 0 saturated heterocycles. The number of rotatable bonds is 5. The highest BCUT2D eigenvalue weighted by Crippen LogP contribution is 2.50. The Balaban J connectivity index is 1.94. The maximum Gasteiger partial charge on any atom is 0.219 e. The molecule has 5 heteroatoms. The molecule has 0 amide bonds. The molecule has 0 aliphatic heterocycles. The van der Waals surface area contributed by atoms with Gasteiger partial charge < -0.3 is 14.2 Å². The monoisotopic (exact) mass is 331 g/mol. The van der Waals surface area contributed by atoms with Crippen LogP contribution >= 0.6 is 0 Å². The summed E-state index contributed by atoms with van der Waals surface area (Å²) in [6, 6.07) is 5.59. The minimum atomic E-state index is -0.177. The number of allylic oxidation sites excluding steroid dienone is 1. The van der Waals surface area contributed by atoms with Crippen LogP contribution in [0.2, 0.25) is 0 Å². The number of carbonyl (C=O) groups excluding carboxylic acids is 1. The number of Topliss-reactive ketones (excluding diaryl/α,β-unsaturated/α-hetero) is 1. The van der Waals surface area contributed by atoms with Crippen LogP contribution in [0.4, 0.5) is 0 Å². The van der Waals surface area contributed by atoms with Gasteiger partial charge in [-0.3, -0.25) is 4.79 Å². The van der Waals surface area contributed by atoms with Gasteiger partial charge in [0, 0.05) is 30.7 Å². The summed E-state index contributed by atoms with van der Waals surface area (Å²) < 4.78 is 17.0. The molecule has 3 rings (SSSR count). The van der Waals surface area contributed by atoms with Crippen molar-refractivity contribution in [2.45, 2.75) is 52.1 Å². The van der Waals surface area contributed by atoms with E-state index in [1.165, 1.54) is 0 Å². The molecule has 2 aliphatic carbocycles. The first kappa shape index (κ1) is 17.1. The van der Waals surface area contributed by atoms with E-state index in [0.717, 1.165) is 37.0 Å². The first-order chi connectivity index (χ1) is 11.5. The van der Waals surface area contributed by atoms with Gasteiger partial charge in [0.2, 0.25) is 5.88 Å². The Hall–Kier alpha value is -1.72. The standard InChI is InChI=1S/C19H25NO4/c1-13-6-4-9-17(20-13)24-18-14-7-5-8-16(23-12-22-3)19(14,2)11-10-15(18)21/h4,6,9,16H,5,7-8,10-12H2,1-3H3/t16-,19-/m0/s1. The van der Waals surface area contributed by atoms with Crippen LogP contribution in [-0.4, -0.2) is 30.8 Å². The van der Waals surface area contributed by atoms with Crippen molar-refractivity contribution in [2.24, 2.45) is 5.41 Å². The van der Waals surface area contributed by atoms with Crippen LogP contribution in [0, 0.1) is 12.3 Å². The van der Waals surface area contributed by atoms with Crippen molar-refractivity contribution in [3.8, 4) is 5.88 Å². The number of ether oxygens (including phenoxy) is 3. The Labute approximate surface area is 143 Å². The zero-order valence-corrected chi connectivity index (χ0v) is 14.6. The van der Waals surface area contributed by atoms with Crippen molar-refractivity contribution in [1.29, 1.82) is 0 Å². The molecule has 2 aliphatic rings. The van der Waals surface area contributed by atoms with Crippen molar-refractivity contribution in [2.75, 3.05) is 13.9 Å². The first-order valence-electron chi connectivity index (χ1n) is 8.53. The van der Waals surface area contributed by atoms with E-state index in [2.05, 4.69) is 11.9 Å². The largest absolute Gasteiger partial charge is 0.435 e. The summed E-state index contributed by atoms with van der Waals surface area (Å²) in [5.41, 5.74) is 1.77. The fraction of sp³-hybridized carbons (Fsp3) is 0.579. The Morgan fingerprint density at radius 2 is 2.17 bits per heavy atom. The molecule has 0 aromatic carbocycles. The first-order valence-corrected chi connectivity index (χ1v) is 8.53. The third kappa shape index (κ3) is 3.23. The number of aromatic nitrogens is 1. The minimum Gasteiger partial charge on any atom is -0.435 e. The van der Waals surface area contributed by atoms with Gasteiger partial charge in [-0.1, -0.05) is 13.0 Å². The molecule has 0 bridgehead atoms. The molecule has 0 spiro atoms. The fourth-order valence-electron chi connectivity index (χ4n) is 3.82. The van der Waals surface area contributed by atoms with Crippen LogP contribution in [0.1, 0.15) is 44.7 Å². The molecule has 2 atom stereocenters. The zero-order valence-electron chi connectivity index (χ0n) is 14.6. The maximum atomic E-state index is 12.5. The highest BCUT2D eigenvalue weighted by Gasteiger charge is 2.47. The SMILES string of the molecule is COCO[C@H]1CCCC2=C(Oc3cccc(C)n3)C(=O)CC[C@@]21C. The van der Waals surface area contributed by atoms with E-state index in [4.69, 9.17) is 14.2 Å². The molecular formula is C19H25NO4. The van der Waals surface area contributed by atoms with Crippen LogP contribution < -0.4 is 4.74 Å². The molecular weight excluding hydrogens is 306 g/mol. The molecule has 0 radical (unpaired) electrons. The number of carbonyl (C=O) groups is 1. The number of nitrogens with zero attached hydrogens (tertiary/aromatic N) is 1. The molecule has 1 aromatic heterocycles. The number of hydrogen-bond acceptors (Lipinski definition) is 5. The summed E-state index contributed by atoms with van der Waals surface area (Å²) in [4.78, 5) is 16.9. The lowest BCUT2D eigenvalue weighted by Gasteiger charge is -2.45. The van der Waals surface area contributed by atoms with Gasteiger partial charge in [0.05, 0.1) is 6.10 Å². The summed E-state index contributed by atoms with van der Waals surface area (Å²) >= 11 is 0. The van der Waals surface area contributed by atoms with E-state index in [9.17, 15) is 4.79 Å². The smallest absolute Gasteiger partial charge is 0.219 e. The van der Waals surface area contributed by atoms with E-state index >= 15 is 0 Å². The topological polar surface area (TPSA) is 57.6 Å². The van der Waals surface area contributed by atoms with Gasteiger partial charge in [0.15, 0.2) is 11.5 Å². The zero-order chi connectivity index (χ0) is 17.2. The van der Waals surface area contributed by atoms with Crippen LogP contribution in [0.15, 0.2) is 29.5 Å². The summed E-state index contributed by atoms with van der Waals surface area (Å²) in [6.45, 7) is 4.37. The van der Waals surface area contributed by atoms with Crippen molar-refractivity contribution < 1.29 is 19.0 Å². The van der Waals surface area contributed by atoms with Crippen molar-refractivity contribution in [1.82, 2.24) is 4.98 Å². The molecule has 0 unspecified atom stereocenters. The van der Waals surface area contributed by atoms with Gasteiger partial charge in [-0.25, -0.2) is 4.98 Å². The van der Waals surface area contributed by atoms with Gasteiger partial charge >= 0.3 is 0 Å². The lowest BCUT2D eigenvalue weighted by molar-refractivity contribution is -0.130. The molecule has 1 heterocycles. The third-order valence-corrected chi connectivity index (χ3v) is 5.15. The predicted octanol–water partition coefficient (Wildman–Crippen LogP) is 3.57. The molecule has 1 aromatic rings. The number of fused-ring (bicyclic) bond motifs is 1. The highest BCUT2D eigenvalue weighted by atomic mass is 16.7. The van der Waals surface area contributed by atoms with E-state index in [1.807, 2.05) is 19.1 Å². The number of pyridine rings is 1. The van der Waals surface area contributed by atoms with Crippen LogP contribution in [0.5, 0.6) is 5.88 Å². The third-order valence-electron chi connectivity index (χ3n) is 5.15. The lowest BCUT2D eigenvalue weighted by Crippen LogP contribution is -2.44. The Bertz CT molecular complexity index is 655. The Kier molecular flexibility index (Phi) is 5.01. The fourth-order valence-corrected chi connectivity index (χ4v) is 3.82. The van der Waals surface area contributed by atoms with Crippen LogP contribution in [0.25, 0.3) is 0 Å². The Morgan fingerprint density at radius 3 is 2.92 bits per heavy atom. The van der Waals surface area contributed by atoms with E-state index in [0.29, 0.717) is 18.1 Å². The molecule has 1 saturated carbocycles. The number of hydrogen-bond donors (Lipinski definition) is 0. The molecule has 0 N–H and O–H groups in total. The second-order valence-electron chi connectivity index (χ2n) is 6.82. The summed E-state index contributed by atoms with van der Waals surface area (Å²) in [6.07, 6.45) is 4.17. The number of ketones is 1. The van der Waals surface area contributed by atoms with Crippen molar-refractivity contribution >= 4 is 5.78 Å². The van der Waals surface area contributed by atoms with Gasteiger partial charge in [0.1, 0.15) is 6.79 Å². The van der Waals surface area contributed by atoms with E-state index < -0.39 is 0 Å². The quantitative estimate of drug-likeness (QED) is 0.772. The second-order valence-corrected chi connectivity index (χ2v) is 6.82. The number of methoxy groups -OCH3 is 1. The van der Waals surface area contributed by atoms with Gasteiger partial charge in [-0.05, 0) is 44.2 Å². The van der Waals surface area contributed by atoms with E-state index in [-0.39, 0.29) is 24.1 Å². The van der Waals surface area contributed by atoms with Crippen LogP contribution in [0.3, 0.4) is 0 Å². The maximum absolute atomic E-state index is 12.5. The molecule has 130 valence electrons. The second kappa shape index (κ2) is 7.03. The summed E-state index contributed by atoms with van der Waals surface area (Å²) in [5, 5.41) is 0. The van der Waals surface area contributed by atoms with Crippen molar-refractivity contribution in [3.05, 3.63) is 35.2 Å². The number of aryl methyl sites for hydroxylation is 1. The molecule has 5 nitrogen and oxygen atoms in total. The van der Waals surface area contributed by atoms with Gasteiger partial charge in [-0.15, -0.1) is 0 Å². The lowest BCUT2D eigenvalue weighted by atomic mass is 9.63. The average molecular weight is 331 g/mol. The average Bonchev–Trinajstić information content (AvgIpc) is 2.56. The van der Waals surface area contributed by atoms with Crippen LogP contribution in [-0.2, 0) is 14.3 Å². The van der Waals surface area contributed by atoms with E-state index in [1.54, 1.807) is 13.2 Å². The summed E-state index contributed by atoms with van der Waals surface area (Å²) in [5.74, 6) is 1.03. The Morgan fingerprint density at radius 1 is 1.33 bits per heavy atom.